The van der Waals surface area contributed by atoms with Crippen LogP contribution in [-0.2, 0) is 24.5 Å². The van der Waals surface area contributed by atoms with Crippen LogP contribution in [0.3, 0.4) is 0 Å². The lowest BCUT2D eigenvalue weighted by Gasteiger charge is -2.31. The second-order valence-corrected chi connectivity index (χ2v) is 9.08. The van der Waals surface area contributed by atoms with E-state index in [1.807, 2.05) is 24.3 Å². The van der Waals surface area contributed by atoms with E-state index in [4.69, 9.17) is 14.2 Å². The number of fused-ring (bicyclic) bond motifs is 1. The van der Waals surface area contributed by atoms with E-state index in [-0.39, 0.29) is 42.0 Å². The Balaban J connectivity index is 1.26. The molecule has 0 radical (unpaired) electrons. The maximum Gasteiger partial charge on any atom is 0.231 e. The number of hydrogen-bond donors (Lipinski definition) is 2. The molecule has 0 spiro atoms. The quantitative estimate of drug-likeness (QED) is 0.740. The van der Waals surface area contributed by atoms with Gasteiger partial charge in [0, 0.05) is 5.92 Å². The molecule has 2 heterocycles. The Bertz CT molecular complexity index is 800. The van der Waals surface area contributed by atoms with Crippen molar-refractivity contribution in [1.29, 1.82) is 0 Å². The van der Waals surface area contributed by atoms with Crippen molar-refractivity contribution in [2.75, 3.05) is 20.3 Å². The van der Waals surface area contributed by atoms with E-state index in [0.717, 1.165) is 49.8 Å². The number of carbonyl (C=O) groups excluding carboxylic acids is 2. The number of ether oxygens (including phenoxy) is 3. The molecular formula is C23H30N2O5. The van der Waals surface area contributed by atoms with E-state index >= 15 is 0 Å². The van der Waals surface area contributed by atoms with Crippen LogP contribution in [0.15, 0.2) is 24.3 Å². The van der Waals surface area contributed by atoms with Crippen LogP contribution in [0.4, 0.5) is 0 Å². The number of methoxy groups -OCH3 is 1. The maximum absolute atomic E-state index is 13.5. The van der Waals surface area contributed by atoms with Crippen LogP contribution in [0.25, 0.3) is 0 Å². The number of amides is 2. The SMILES string of the molecule is COc1ccc(C2(C(=O)NC3COC4C(NC(=O)C5CC5)COC34)CCCC2)cc1. The minimum absolute atomic E-state index is 0.0495. The zero-order valence-corrected chi connectivity index (χ0v) is 17.4. The summed E-state index contributed by atoms with van der Waals surface area (Å²) >= 11 is 0. The number of rotatable bonds is 6. The highest BCUT2D eigenvalue weighted by Crippen LogP contribution is 2.42. The van der Waals surface area contributed by atoms with Gasteiger partial charge in [0.05, 0.1) is 37.8 Å². The van der Waals surface area contributed by atoms with Crippen molar-refractivity contribution in [3.05, 3.63) is 29.8 Å². The van der Waals surface area contributed by atoms with Crippen LogP contribution in [-0.4, -0.2) is 56.4 Å². The Morgan fingerprint density at radius 3 is 2.13 bits per heavy atom. The predicted octanol–water partition coefficient (Wildman–Crippen LogP) is 1.68. The maximum atomic E-state index is 13.5. The average molecular weight is 415 g/mol. The second kappa shape index (κ2) is 7.85. The summed E-state index contributed by atoms with van der Waals surface area (Å²) in [5.41, 5.74) is 0.526. The Kier molecular flexibility index (Phi) is 5.19. The summed E-state index contributed by atoms with van der Waals surface area (Å²) in [7, 11) is 1.64. The highest BCUT2D eigenvalue weighted by Gasteiger charge is 2.51. The summed E-state index contributed by atoms with van der Waals surface area (Å²) < 4.78 is 17.2. The third-order valence-corrected chi connectivity index (χ3v) is 7.18. The number of benzene rings is 1. The van der Waals surface area contributed by atoms with Gasteiger partial charge in [-0.05, 0) is 43.4 Å². The molecule has 2 N–H and O–H groups in total. The lowest BCUT2D eigenvalue weighted by Crippen LogP contribution is -2.51. The molecule has 4 fully saturated rings. The first-order valence-electron chi connectivity index (χ1n) is 11.1. The zero-order chi connectivity index (χ0) is 20.7. The standard InChI is InChI=1S/C23H30N2O5/c1-28-16-8-6-15(7-9-16)23(10-2-3-11-23)22(27)25-18-13-30-19-17(12-29-20(18)19)24-21(26)14-4-5-14/h6-9,14,17-20H,2-5,10-13H2,1H3,(H,24,26)(H,25,27). The topological polar surface area (TPSA) is 85.9 Å². The number of carbonyl (C=O) groups is 2. The van der Waals surface area contributed by atoms with Crippen LogP contribution in [0.5, 0.6) is 5.75 Å². The van der Waals surface area contributed by atoms with Crippen LogP contribution in [0.1, 0.15) is 44.1 Å². The molecule has 2 saturated heterocycles. The molecule has 1 aromatic carbocycles. The van der Waals surface area contributed by atoms with Gasteiger partial charge in [0.2, 0.25) is 11.8 Å². The summed E-state index contributed by atoms with van der Waals surface area (Å²) in [6.07, 6.45) is 5.30. The average Bonchev–Trinajstić information content (AvgIpc) is 3.18. The molecule has 30 heavy (non-hydrogen) atoms. The van der Waals surface area contributed by atoms with Crippen molar-refractivity contribution >= 4 is 11.8 Å². The van der Waals surface area contributed by atoms with Gasteiger partial charge in [0.1, 0.15) is 18.0 Å². The molecule has 1 aromatic rings. The van der Waals surface area contributed by atoms with Gasteiger partial charge < -0.3 is 24.8 Å². The van der Waals surface area contributed by atoms with Crippen LogP contribution < -0.4 is 15.4 Å². The fourth-order valence-electron chi connectivity index (χ4n) is 5.23. The molecule has 4 atom stereocenters. The highest BCUT2D eigenvalue weighted by atomic mass is 16.6. The zero-order valence-electron chi connectivity index (χ0n) is 17.4. The second-order valence-electron chi connectivity index (χ2n) is 9.08. The van der Waals surface area contributed by atoms with Gasteiger partial charge in [-0.25, -0.2) is 0 Å². The molecule has 7 nitrogen and oxygen atoms in total. The fourth-order valence-corrected chi connectivity index (χ4v) is 5.23. The Morgan fingerprint density at radius 2 is 1.57 bits per heavy atom. The third kappa shape index (κ3) is 3.48. The van der Waals surface area contributed by atoms with Crippen LogP contribution in [0.2, 0.25) is 0 Å². The third-order valence-electron chi connectivity index (χ3n) is 7.18. The van der Waals surface area contributed by atoms with Crippen LogP contribution in [0, 0.1) is 5.92 Å². The van der Waals surface area contributed by atoms with Gasteiger partial charge in [0.15, 0.2) is 0 Å². The Labute approximate surface area is 176 Å². The van der Waals surface area contributed by atoms with E-state index in [1.54, 1.807) is 7.11 Å². The van der Waals surface area contributed by atoms with Gasteiger partial charge in [-0.15, -0.1) is 0 Å². The molecule has 2 aliphatic heterocycles. The summed E-state index contributed by atoms with van der Waals surface area (Å²) in [5, 5.41) is 6.31. The summed E-state index contributed by atoms with van der Waals surface area (Å²) in [4.78, 5) is 25.6. The molecule has 0 bridgehead atoms. The van der Waals surface area contributed by atoms with E-state index in [2.05, 4.69) is 10.6 Å². The first-order valence-corrected chi connectivity index (χ1v) is 11.1. The fraction of sp³-hybridized carbons (Fsp3) is 0.652. The monoisotopic (exact) mass is 414 g/mol. The van der Waals surface area contributed by atoms with Gasteiger partial charge in [0.25, 0.3) is 0 Å². The van der Waals surface area contributed by atoms with Gasteiger partial charge in [-0.1, -0.05) is 25.0 Å². The molecule has 5 rings (SSSR count). The van der Waals surface area contributed by atoms with Crippen molar-refractivity contribution in [3.63, 3.8) is 0 Å². The van der Waals surface area contributed by atoms with Crippen molar-refractivity contribution in [3.8, 4) is 5.75 Å². The van der Waals surface area contributed by atoms with Crippen molar-refractivity contribution in [1.82, 2.24) is 10.6 Å². The molecule has 4 aliphatic rings. The lowest BCUT2D eigenvalue weighted by atomic mass is 9.77. The molecular weight excluding hydrogens is 384 g/mol. The minimum atomic E-state index is -0.511. The highest BCUT2D eigenvalue weighted by molar-refractivity contribution is 5.89. The van der Waals surface area contributed by atoms with Crippen molar-refractivity contribution in [2.24, 2.45) is 5.92 Å². The number of nitrogens with one attached hydrogen (secondary N) is 2. The summed E-state index contributed by atoms with van der Waals surface area (Å²) in [6.45, 7) is 0.847. The lowest BCUT2D eigenvalue weighted by molar-refractivity contribution is -0.128. The molecule has 162 valence electrons. The van der Waals surface area contributed by atoms with Crippen molar-refractivity contribution < 1.29 is 23.8 Å². The van der Waals surface area contributed by atoms with E-state index in [9.17, 15) is 9.59 Å². The normalized spacial score (nSPS) is 31.9. The molecule has 4 unspecified atom stereocenters. The largest absolute Gasteiger partial charge is 0.497 e. The summed E-state index contributed by atoms with van der Waals surface area (Å²) in [6, 6.07) is 7.53. The molecule has 7 heteroatoms. The number of hydrogen-bond acceptors (Lipinski definition) is 5. The molecule has 0 aromatic heterocycles. The molecule has 2 saturated carbocycles. The predicted molar refractivity (Wildman–Crippen MR) is 109 cm³/mol. The summed E-state index contributed by atoms with van der Waals surface area (Å²) in [5.74, 6) is 1.10. The van der Waals surface area contributed by atoms with Crippen LogP contribution >= 0.6 is 0 Å². The smallest absolute Gasteiger partial charge is 0.231 e. The van der Waals surface area contributed by atoms with Gasteiger partial charge in [-0.3, -0.25) is 9.59 Å². The molecule has 2 aliphatic carbocycles. The van der Waals surface area contributed by atoms with Gasteiger partial charge in [-0.2, -0.15) is 0 Å². The first-order chi connectivity index (χ1) is 14.6. The van der Waals surface area contributed by atoms with E-state index in [1.165, 1.54) is 0 Å². The van der Waals surface area contributed by atoms with Gasteiger partial charge >= 0.3 is 0 Å². The van der Waals surface area contributed by atoms with E-state index < -0.39 is 5.41 Å². The Hall–Kier alpha value is -2.12. The van der Waals surface area contributed by atoms with Crippen molar-refractivity contribution in [2.45, 2.75) is 68.2 Å². The molecule has 2 amide bonds. The Morgan fingerprint density at radius 1 is 0.967 bits per heavy atom. The van der Waals surface area contributed by atoms with E-state index in [0.29, 0.717) is 13.2 Å². The minimum Gasteiger partial charge on any atom is -0.497 e. The first kappa shape index (κ1) is 19.8.